The van der Waals surface area contributed by atoms with Crippen LogP contribution in [0.3, 0.4) is 0 Å². The molecule has 0 saturated heterocycles. The average Bonchev–Trinajstić information content (AvgIpc) is 2.99. The van der Waals surface area contributed by atoms with Gasteiger partial charge in [0.1, 0.15) is 5.65 Å². The standard InChI is InChI=1S/C15H17N5O/c1-10-5-4-6-20-12(8-16-15(10)20)7-14(21)18-13-9-17-19(3)11(13)2/h4-6,8-9H,7H2,1-3H3,(H,18,21). The first-order valence-electron chi connectivity index (χ1n) is 6.76. The van der Waals surface area contributed by atoms with Crippen LogP contribution in [0.15, 0.2) is 30.7 Å². The van der Waals surface area contributed by atoms with E-state index in [0.29, 0.717) is 0 Å². The van der Waals surface area contributed by atoms with Crippen molar-refractivity contribution in [3.05, 3.63) is 47.7 Å². The Bertz CT molecular complexity index is 815. The lowest BCUT2D eigenvalue weighted by Crippen LogP contribution is -2.16. The highest BCUT2D eigenvalue weighted by molar-refractivity contribution is 5.92. The summed E-state index contributed by atoms with van der Waals surface area (Å²) < 4.78 is 3.68. The average molecular weight is 283 g/mol. The van der Waals surface area contributed by atoms with E-state index in [2.05, 4.69) is 15.4 Å². The molecule has 108 valence electrons. The first-order valence-corrected chi connectivity index (χ1v) is 6.76. The Balaban J connectivity index is 1.81. The summed E-state index contributed by atoms with van der Waals surface area (Å²) in [5.74, 6) is -0.0746. The molecule has 0 fully saturated rings. The van der Waals surface area contributed by atoms with Crippen LogP contribution in [0.5, 0.6) is 0 Å². The summed E-state index contributed by atoms with van der Waals surface area (Å²) in [7, 11) is 1.85. The zero-order valence-corrected chi connectivity index (χ0v) is 12.3. The van der Waals surface area contributed by atoms with Crippen molar-refractivity contribution < 1.29 is 4.79 Å². The highest BCUT2D eigenvalue weighted by Gasteiger charge is 2.12. The predicted molar refractivity (Wildman–Crippen MR) is 80.2 cm³/mol. The lowest BCUT2D eigenvalue weighted by Gasteiger charge is -2.05. The van der Waals surface area contributed by atoms with Gasteiger partial charge in [-0.2, -0.15) is 5.10 Å². The van der Waals surface area contributed by atoms with Crippen molar-refractivity contribution in [2.24, 2.45) is 7.05 Å². The summed E-state index contributed by atoms with van der Waals surface area (Å²) in [5, 5.41) is 7.00. The fraction of sp³-hybridized carbons (Fsp3) is 0.267. The van der Waals surface area contributed by atoms with Crippen molar-refractivity contribution in [3.63, 3.8) is 0 Å². The van der Waals surface area contributed by atoms with Crippen LogP contribution in [0.4, 0.5) is 5.69 Å². The van der Waals surface area contributed by atoms with Crippen molar-refractivity contribution in [2.75, 3.05) is 5.32 Å². The Morgan fingerprint density at radius 1 is 1.33 bits per heavy atom. The van der Waals surface area contributed by atoms with E-state index in [9.17, 15) is 4.79 Å². The van der Waals surface area contributed by atoms with Gasteiger partial charge in [-0.3, -0.25) is 9.48 Å². The van der Waals surface area contributed by atoms with Gasteiger partial charge in [0.05, 0.1) is 29.7 Å². The Morgan fingerprint density at radius 3 is 2.86 bits per heavy atom. The molecule has 0 atom stereocenters. The molecular formula is C15H17N5O. The maximum absolute atomic E-state index is 12.2. The third-order valence-corrected chi connectivity index (χ3v) is 3.66. The zero-order valence-electron chi connectivity index (χ0n) is 12.3. The number of aryl methyl sites for hydroxylation is 2. The summed E-state index contributed by atoms with van der Waals surface area (Å²) in [6, 6.07) is 3.96. The minimum absolute atomic E-state index is 0.0746. The molecular weight excluding hydrogens is 266 g/mol. The SMILES string of the molecule is Cc1cccn2c(CC(=O)Nc3cnn(C)c3C)cnc12. The molecule has 0 aliphatic heterocycles. The van der Waals surface area contributed by atoms with Crippen molar-refractivity contribution >= 4 is 17.2 Å². The molecule has 0 saturated carbocycles. The van der Waals surface area contributed by atoms with E-state index in [1.807, 2.05) is 43.6 Å². The number of rotatable bonds is 3. The smallest absolute Gasteiger partial charge is 0.230 e. The first-order chi connectivity index (χ1) is 10.1. The van der Waals surface area contributed by atoms with Gasteiger partial charge in [-0.25, -0.2) is 4.98 Å². The van der Waals surface area contributed by atoms with Gasteiger partial charge in [0.25, 0.3) is 0 Å². The van der Waals surface area contributed by atoms with E-state index in [1.54, 1.807) is 17.1 Å². The summed E-state index contributed by atoms with van der Waals surface area (Å²) in [6.45, 7) is 3.92. The number of hydrogen-bond acceptors (Lipinski definition) is 3. The molecule has 3 rings (SSSR count). The number of nitrogens with zero attached hydrogens (tertiary/aromatic N) is 4. The van der Waals surface area contributed by atoms with E-state index < -0.39 is 0 Å². The third-order valence-electron chi connectivity index (χ3n) is 3.66. The summed E-state index contributed by atoms with van der Waals surface area (Å²) in [4.78, 5) is 16.5. The van der Waals surface area contributed by atoms with E-state index >= 15 is 0 Å². The number of amides is 1. The van der Waals surface area contributed by atoms with Gasteiger partial charge in [0, 0.05) is 19.4 Å². The number of carbonyl (C=O) groups excluding carboxylic acids is 1. The second kappa shape index (κ2) is 5.05. The first kappa shape index (κ1) is 13.4. The van der Waals surface area contributed by atoms with Crippen LogP contribution in [0.2, 0.25) is 0 Å². The number of anilines is 1. The highest BCUT2D eigenvalue weighted by atomic mass is 16.1. The van der Waals surface area contributed by atoms with E-state index in [0.717, 1.165) is 28.3 Å². The van der Waals surface area contributed by atoms with Crippen LogP contribution in [0.1, 0.15) is 17.0 Å². The van der Waals surface area contributed by atoms with Crippen LogP contribution in [-0.2, 0) is 18.3 Å². The molecule has 3 aromatic heterocycles. The maximum atomic E-state index is 12.2. The largest absolute Gasteiger partial charge is 0.323 e. The molecule has 0 spiro atoms. The Hall–Kier alpha value is -2.63. The summed E-state index contributed by atoms with van der Waals surface area (Å²) >= 11 is 0. The number of hydrogen-bond donors (Lipinski definition) is 1. The number of imidazole rings is 1. The molecule has 0 aliphatic carbocycles. The number of carbonyl (C=O) groups is 1. The van der Waals surface area contributed by atoms with Crippen LogP contribution in [0, 0.1) is 13.8 Å². The molecule has 1 amide bonds. The third kappa shape index (κ3) is 2.40. The highest BCUT2D eigenvalue weighted by Crippen LogP contribution is 2.14. The molecule has 0 radical (unpaired) electrons. The molecule has 21 heavy (non-hydrogen) atoms. The van der Waals surface area contributed by atoms with Gasteiger partial charge in [0.15, 0.2) is 0 Å². The zero-order chi connectivity index (χ0) is 15.0. The molecule has 6 heteroatoms. The molecule has 0 aliphatic rings. The van der Waals surface area contributed by atoms with Gasteiger partial charge < -0.3 is 9.72 Å². The van der Waals surface area contributed by atoms with Gasteiger partial charge in [-0.05, 0) is 25.5 Å². The molecule has 6 nitrogen and oxygen atoms in total. The molecule has 3 heterocycles. The van der Waals surface area contributed by atoms with E-state index in [1.165, 1.54) is 0 Å². The van der Waals surface area contributed by atoms with Gasteiger partial charge in [-0.15, -0.1) is 0 Å². The minimum atomic E-state index is -0.0746. The number of pyridine rings is 1. The van der Waals surface area contributed by atoms with Crippen molar-refractivity contribution in [1.29, 1.82) is 0 Å². The normalized spacial score (nSPS) is 11.0. The predicted octanol–water partition coefficient (Wildman–Crippen LogP) is 1.87. The van der Waals surface area contributed by atoms with Crippen molar-refractivity contribution in [1.82, 2.24) is 19.2 Å². The molecule has 0 aromatic carbocycles. The van der Waals surface area contributed by atoms with E-state index in [4.69, 9.17) is 0 Å². The Labute approximate surface area is 122 Å². The van der Waals surface area contributed by atoms with Crippen LogP contribution < -0.4 is 5.32 Å². The summed E-state index contributed by atoms with van der Waals surface area (Å²) in [5.41, 5.74) is 4.52. The lowest BCUT2D eigenvalue weighted by atomic mass is 10.2. The number of fused-ring (bicyclic) bond motifs is 1. The molecule has 0 bridgehead atoms. The van der Waals surface area contributed by atoms with Crippen LogP contribution in [-0.4, -0.2) is 25.1 Å². The van der Waals surface area contributed by atoms with Crippen molar-refractivity contribution in [3.8, 4) is 0 Å². The van der Waals surface area contributed by atoms with Gasteiger partial charge in [-0.1, -0.05) is 6.07 Å². The molecule has 3 aromatic rings. The molecule has 0 unspecified atom stereocenters. The van der Waals surface area contributed by atoms with Gasteiger partial charge in [0.2, 0.25) is 5.91 Å². The van der Waals surface area contributed by atoms with Gasteiger partial charge >= 0.3 is 0 Å². The lowest BCUT2D eigenvalue weighted by molar-refractivity contribution is -0.115. The fourth-order valence-corrected chi connectivity index (χ4v) is 2.31. The second-order valence-electron chi connectivity index (χ2n) is 5.13. The quantitative estimate of drug-likeness (QED) is 0.798. The van der Waals surface area contributed by atoms with Crippen LogP contribution in [0.25, 0.3) is 5.65 Å². The topological polar surface area (TPSA) is 64.2 Å². The Morgan fingerprint density at radius 2 is 2.14 bits per heavy atom. The summed E-state index contributed by atoms with van der Waals surface area (Å²) in [6.07, 6.45) is 5.61. The number of nitrogens with one attached hydrogen (secondary N) is 1. The number of aromatic nitrogens is 4. The van der Waals surface area contributed by atoms with Crippen LogP contribution >= 0.6 is 0 Å². The second-order valence-corrected chi connectivity index (χ2v) is 5.13. The minimum Gasteiger partial charge on any atom is -0.323 e. The van der Waals surface area contributed by atoms with Crippen molar-refractivity contribution in [2.45, 2.75) is 20.3 Å². The molecule has 1 N–H and O–H groups in total. The fourth-order valence-electron chi connectivity index (χ4n) is 2.31. The Kier molecular flexibility index (Phi) is 3.21. The maximum Gasteiger partial charge on any atom is 0.230 e. The monoisotopic (exact) mass is 283 g/mol. The van der Waals surface area contributed by atoms with E-state index in [-0.39, 0.29) is 12.3 Å².